The van der Waals surface area contributed by atoms with Gasteiger partial charge in [0.25, 0.3) is 5.91 Å². The predicted molar refractivity (Wildman–Crippen MR) is 98.0 cm³/mol. The Bertz CT molecular complexity index is 728. The van der Waals surface area contributed by atoms with Gasteiger partial charge in [-0.05, 0) is 50.2 Å². The summed E-state index contributed by atoms with van der Waals surface area (Å²) >= 11 is 1.60. The number of nitrogens with one attached hydrogen (secondary N) is 1. The first-order valence-electron chi connectivity index (χ1n) is 8.66. The lowest BCUT2D eigenvalue weighted by Crippen LogP contribution is -2.34. The van der Waals surface area contributed by atoms with Crippen molar-refractivity contribution >= 4 is 29.7 Å². The molecule has 2 aliphatic rings. The van der Waals surface area contributed by atoms with Crippen molar-refractivity contribution in [3.63, 3.8) is 0 Å². The number of nitrogens with two attached hydrogens (primary N) is 1. The fourth-order valence-corrected chi connectivity index (χ4v) is 4.77. The largest absolute Gasteiger partial charge is 0.342 e. The van der Waals surface area contributed by atoms with Crippen LogP contribution in [0.5, 0.6) is 0 Å². The number of carbonyl (C=O) groups is 1. The van der Waals surface area contributed by atoms with Crippen molar-refractivity contribution in [2.24, 2.45) is 5.73 Å². The zero-order chi connectivity index (χ0) is 16.6. The molecule has 3 N–H and O–H groups in total. The Labute approximate surface area is 157 Å². The zero-order valence-corrected chi connectivity index (χ0v) is 15.7. The van der Waals surface area contributed by atoms with Gasteiger partial charge >= 0.3 is 0 Å². The van der Waals surface area contributed by atoms with Crippen molar-refractivity contribution in [1.29, 1.82) is 0 Å². The van der Waals surface area contributed by atoms with Crippen molar-refractivity contribution in [2.75, 3.05) is 0 Å². The Kier molecular flexibility index (Phi) is 5.46. The molecular weight excluding hydrogens is 360 g/mol. The van der Waals surface area contributed by atoms with E-state index in [0.29, 0.717) is 11.7 Å². The SMILES string of the molecule is Cl.NC1(c2noc(CNC(=O)c3cc4c(s3)CCCC4)n2)CCCC1. The van der Waals surface area contributed by atoms with Gasteiger partial charge in [-0.25, -0.2) is 0 Å². The minimum absolute atomic E-state index is 0. The number of rotatable bonds is 4. The first-order valence-corrected chi connectivity index (χ1v) is 9.47. The number of aromatic nitrogens is 2. The number of amides is 1. The van der Waals surface area contributed by atoms with E-state index in [4.69, 9.17) is 10.3 Å². The molecule has 0 radical (unpaired) electrons. The Morgan fingerprint density at radius 1 is 1.28 bits per heavy atom. The number of hydrogen-bond acceptors (Lipinski definition) is 6. The van der Waals surface area contributed by atoms with Crippen LogP contribution in [0.1, 0.15) is 70.4 Å². The average molecular weight is 383 g/mol. The molecule has 25 heavy (non-hydrogen) atoms. The minimum Gasteiger partial charge on any atom is -0.342 e. The number of nitrogens with zero attached hydrogens (tertiary/aromatic N) is 2. The average Bonchev–Trinajstić information content (AvgIpc) is 3.31. The summed E-state index contributed by atoms with van der Waals surface area (Å²) in [5.41, 5.74) is 7.20. The predicted octanol–water partition coefficient (Wildman–Crippen LogP) is 3.09. The van der Waals surface area contributed by atoms with Crippen LogP contribution in [0, 0.1) is 0 Å². The quantitative estimate of drug-likeness (QED) is 0.847. The second-order valence-corrected chi connectivity index (χ2v) is 7.96. The summed E-state index contributed by atoms with van der Waals surface area (Å²) in [6.07, 6.45) is 8.60. The van der Waals surface area contributed by atoms with Gasteiger partial charge in [-0.1, -0.05) is 18.0 Å². The molecule has 6 nitrogen and oxygen atoms in total. The summed E-state index contributed by atoms with van der Waals surface area (Å²) in [6.45, 7) is 0.241. The molecule has 2 aliphatic carbocycles. The third kappa shape index (κ3) is 3.73. The van der Waals surface area contributed by atoms with Crippen LogP contribution in [0.2, 0.25) is 0 Å². The highest BCUT2D eigenvalue weighted by Gasteiger charge is 2.35. The molecule has 8 heteroatoms. The third-order valence-corrected chi connectivity index (χ3v) is 6.27. The number of hydrogen-bond donors (Lipinski definition) is 2. The molecule has 0 unspecified atom stereocenters. The second-order valence-electron chi connectivity index (χ2n) is 6.82. The highest BCUT2D eigenvalue weighted by atomic mass is 35.5. The topological polar surface area (TPSA) is 94.0 Å². The van der Waals surface area contributed by atoms with Gasteiger partial charge in [-0.15, -0.1) is 23.7 Å². The molecule has 0 bridgehead atoms. The molecule has 2 aromatic rings. The van der Waals surface area contributed by atoms with Crippen molar-refractivity contribution < 1.29 is 9.32 Å². The molecule has 0 spiro atoms. The van der Waals surface area contributed by atoms with Crippen LogP contribution < -0.4 is 11.1 Å². The lowest BCUT2D eigenvalue weighted by atomic mass is 9.99. The molecule has 4 rings (SSSR count). The second kappa shape index (κ2) is 7.43. The van der Waals surface area contributed by atoms with Crippen LogP contribution in [0.15, 0.2) is 10.6 Å². The molecule has 2 aromatic heterocycles. The maximum atomic E-state index is 12.3. The molecule has 1 saturated carbocycles. The number of aryl methyl sites for hydroxylation is 2. The normalized spacial score (nSPS) is 18.4. The maximum absolute atomic E-state index is 12.3. The third-order valence-electron chi connectivity index (χ3n) is 5.03. The summed E-state index contributed by atoms with van der Waals surface area (Å²) in [6, 6.07) is 2.03. The summed E-state index contributed by atoms with van der Waals surface area (Å²) < 4.78 is 5.26. The van der Waals surface area contributed by atoms with Gasteiger partial charge in [0.15, 0.2) is 5.82 Å². The van der Waals surface area contributed by atoms with Crippen LogP contribution in [-0.4, -0.2) is 16.0 Å². The van der Waals surface area contributed by atoms with Crippen molar-refractivity contribution in [3.05, 3.63) is 33.1 Å². The number of carbonyl (C=O) groups excluding carboxylic acids is 1. The minimum atomic E-state index is -0.460. The van der Waals surface area contributed by atoms with E-state index >= 15 is 0 Å². The molecule has 0 saturated heterocycles. The Hall–Kier alpha value is -1.44. The van der Waals surface area contributed by atoms with Gasteiger partial charge in [-0.3, -0.25) is 4.79 Å². The zero-order valence-electron chi connectivity index (χ0n) is 14.0. The van der Waals surface area contributed by atoms with Gasteiger partial charge in [0.05, 0.1) is 17.0 Å². The number of thiophene rings is 1. The lowest BCUT2D eigenvalue weighted by molar-refractivity contribution is 0.0950. The Morgan fingerprint density at radius 2 is 2.04 bits per heavy atom. The van der Waals surface area contributed by atoms with E-state index in [0.717, 1.165) is 43.4 Å². The molecule has 1 fully saturated rings. The van der Waals surface area contributed by atoms with E-state index in [1.165, 1.54) is 23.3 Å². The standard InChI is InChI=1S/C17H22N4O2S.ClH/c18-17(7-3-4-8-17)16-20-14(23-21-16)10-19-15(22)13-9-11-5-1-2-6-12(11)24-13;/h9H,1-8,10,18H2,(H,19,22);1H. The van der Waals surface area contributed by atoms with Gasteiger partial charge in [0, 0.05) is 4.88 Å². The molecule has 2 heterocycles. The molecular formula is C17H23ClN4O2S. The van der Waals surface area contributed by atoms with Gasteiger partial charge < -0.3 is 15.6 Å². The van der Waals surface area contributed by atoms with Crippen molar-refractivity contribution in [2.45, 2.75) is 63.5 Å². The van der Waals surface area contributed by atoms with Crippen LogP contribution in [0.3, 0.4) is 0 Å². The van der Waals surface area contributed by atoms with Crippen LogP contribution in [-0.2, 0) is 24.9 Å². The van der Waals surface area contributed by atoms with E-state index in [1.807, 2.05) is 6.07 Å². The van der Waals surface area contributed by atoms with Crippen molar-refractivity contribution in [1.82, 2.24) is 15.5 Å². The van der Waals surface area contributed by atoms with E-state index in [9.17, 15) is 4.79 Å². The van der Waals surface area contributed by atoms with Gasteiger partial charge in [0.2, 0.25) is 5.89 Å². The molecule has 136 valence electrons. The summed E-state index contributed by atoms with van der Waals surface area (Å²) in [5, 5.41) is 6.89. The Morgan fingerprint density at radius 3 is 2.80 bits per heavy atom. The number of halogens is 1. The van der Waals surface area contributed by atoms with E-state index in [-0.39, 0.29) is 24.9 Å². The summed E-state index contributed by atoms with van der Waals surface area (Å²) in [4.78, 5) is 18.9. The molecule has 0 aliphatic heterocycles. The van der Waals surface area contributed by atoms with Crippen LogP contribution >= 0.6 is 23.7 Å². The maximum Gasteiger partial charge on any atom is 0.261 e. The smallest absolute Gasteiger partial charge is 0.261 e. The van der Waals surface area contributed by atoms with E-state index in [1.54, 1.807) is 11.3 Å². The van der Waals surface area contributed by atoms with E-state index < -0.39 is 5.54 Å². The van der Waals surface area contributed by atoms with E-state index in [2.05, 4.69) is 15.5 Å². The lowest BCUT2D eigenvalue weighted by Gasteiger charge is -2.17. The summed E-state index contributed by atoms with van der Waals surface area (Å²) in [5.74, 6) is 0.907. The summed E-state index contributed by atoms with van der Waals surface area (Å²) in [7, 11) is 0. The fraction of sp³-hybridized carbons (Fsp3) is 0.588. The highest BCUT2D eigenvalue weighted by Crippen LogP contribution is 2.34. The van der Waals surface area contributed by atoms with Gasteiger partial charge in [0.1, 0.15) is 0 Å². The monoisotopic (exact) mass is 382 g/mol. The fourth-order valence-electron chi connectivity index (χ4n) is 3.60. The molecule has 0 aromatic carbocycles. The molecule has 1 amide bonds. The highest BCUT2D eigenvalue weighted by molar-refractivity contribution is 7.14. The Balaban J connectivity index is 0.00000182. The number of fused-ring (bicyclic) bond motifs is 1. The first-order chi connectivity index (χ1) is 11.6. The van der Waals surface area contributed by atoms with Crippen LogP contribution in [0.4, 0.5) is 0 Å². The first kappa shape index (κ1) is 18.4. The van der Waals surface area contributed by atoms with Gasteiger partial charge in [-0.2, -0.15) is 4.98 Å². The van der Waals surface area contributed by atoms with Crippen LogP contribution in [0.25, 0.3) is 0 Å². The van der Waals surface area contributed by atoms with Crippen molar-refractivity contribution in [3.8, 4) is 0 Å². The molecule has 0 atom stereocenters.